The average molecular weight is 444 g/mol. The van der Waals surface area contributed by atoms with E-state index >= 15 is 0 Å². The van der Waals surface area contributed by atoms with Crippen molar-refractivity contribution >= 4 is 5.96 Å². The van der Waals surface area contributed by atoms with E-state index in [-0.39, 0.29) is 0 Å². The van der Waals surface area contributed by atoms with Crippen LogP contribution < -0.4 is 10.6 Å². The molecule has 2 heterocycles. The molecule has 4 aromatic rings. The average Bonchev–Trinajstić information content (AvgIpc) is 3.45. The van der Waals surface area contributed by atoms with Crippen LogP contribution in [0, 0.1) is 13.8 Å². The van der Waals surface area contributed by atoms with Gasteiger partial charge in [-0.3, -0.25) is 0 Å². The number of nitrogens with one attached hydrogen (secondary N) is 2. The number of oxazole rings is 1. The SMILES string of the molecule is CCNC(=NCc1ccccc1-c1ccc(Cn2cncn2)cc1)NCc1nc(C)c(C)o1. The van der Waals surface area contributed by atoms with Crippen LogP contribution in [0.25, 0.3) is 11.1 Å². The summed E-state index contributed by atoms with van der Waals surface area (Å²) in [4.78, 5) is 13.2. The largest absolute Gasteiger partial charge is 0.444 e. The molecule has 2 aromatic carbocycles. The molecule has 0 spiro atoms. The lowest BCUT2D eigenvalue weighted by atomic mass is 9.98. The van der Waals surface area contributed by atoms with Crippen molar-refractivity contribution < 1.29 is 4.42 Å². The minimum Gasteiger partial charge on any atom is -0.444 e. The summed E-state index contributed by atoms with van der Waals surface area (Å²) >= 11 is 0. The van der Waals surface area contributed by atoms with Gasteiger partial charge in [0.2, 0.25) is 5.89 Å². The first-order chi connectivity index (χ1) is 16.1. The number of guanidine groups is 1. The lowest BCUT2D eigenvalue weighted by molar-refractivity contribution is 0.463. The Kier molecular flexibility index (Phi) is 7.14. The third kappa shape index (κ3) is 5.85. The Morgan fingerprint density at radius 3 is 2.58 bits per heavy atom. The quantitative estimate of drug-likeness (QED) is 0.317. The van der Waals surface area contributed by atoms with Gasteiger partial charge in [0.1, 0.15) is 18.4 Å². The molecule has 8 heteroatoms. The summed E-state index contributed by atoms with van der Waals surface area (Å²) in [5, 5.41) is 10.8. The van der Waals surface area contributed by atoms with Gasteiger partial charge < -0.3 is 15.1 Å². The first-order valence-corrected chi connectivity index (χ1v) is 11.1. The Morgan fingerprint density at radius 2 is 1.88 bits per heavy atom. The lowest BCUT2D eigenvalue weighted by Gasteiger charge is -2.12. The Balaban J connectivity index is 1.46. The highest BCUT2D eigenvalue weighted by atomic mass is 16.4. The standard InChI is InChI=1S/C25H29N7O/c1-4-27-25(29-14-24-31-18(2)19(3)33-24)28-13-22-7-5-6-8-23(22)21-11-9-20(10-12-21)15-32-17-26-16-30-32/h5-12,16-17H,4,13-15H2,1-3H3,(H2,27,28,29). The second-order valence-corrected chi connectivity index (χ2v) is 7.75. The second kappa shape index (κ2) is 10.6. The van der Waals surface area contributed by atoms with Gasteiger partial charge in [-0.1, -0.05) is 48.5 Å². The maximum absolute atomic E-state index is 5.66. The number of rotatable bonds is 8. The van der Waals surface area contributed by atoms with Crippen molar-refractivity contribution in [2.45, 2.75) is 40.4 Å². The Morgan fingerprint density at radius 1 is 1.06 bits per heavy atom. The van der Waals surface area contributed by atoms with Crippen molar-refractivity contribution in [3.63, 3.8) is 0 Å². The third-order valence-corrected chi connectivity index (χ3v) is 5.33. The fraction of sp³-hybridized carbons (Fsp3) is 0.280. The molecule has 170 valence electrons. The third-order valence-electron chi connectivity index (χ3n) is 5.33. The van der Waals surface area contributed by atoms with Gasteiger partial charge in [0.15, 0.2) is 5.96 Å². The first kappa shape index (κ1) is 22.3. The Bertz CT molecular complexity index is 1170. The second-order valence-electron chi connectivity index (χ2n) is 7.75. The van der Waals surface area contributed by atoms with Gasteiger partial charge in [0.05, 0.1) is 25.3 Å². The molecular weight excluding hydrogens is 414 g/mol. The Labute approximate surface area is 193 Å². The van der Waals surface area contributed by atoms with Crippen molar-refractivity contribution in [1.29, 1.82) is 0 Å². The molecule has 2 aromatic heterocycles. The van der Waals surface area contributed by atoms with Crippen LogP contribution in [-0.4, -0.2) is 32.3 Å². The van der Waals surface area contributed by atoms with E-state index in [4.69, 9.17) is 9.41 Å². The van der Waals surface area contributed by atoms with Crippen LogP contribution in [0.15, 0.2) is 70.6 Å². The highest BCUT2D eigenvalue weighted by Gasteiger charge is 2.08. The Hall–Kier alpha value is -3.94. The summed E-state index contributed by atoms with van der Waals surface area (Å²) in [6, 6.07) is 16.9. The number of aryl methyl sites for hydroxylation is 2. The van der Waals surface area contributed by atoms with E-state index in [1.54, 1.807) is 12.7 Å². The van der Waals surface area contributed by atoms with Crippen molar-refractivity contribution in [3.8, 4) is 11.1 Å². The number of aliphatic imine (C=N–C) groups is 1. The summed E-state index contributed by atoms with van der Waals surface area (Å²) < 4.78 is 7.47. The predicted molar refractivity (Wildman–Crippen MR) is 129 cm³/mol. The molecule has 0 fully saturated rings. The van der Waals surface area contributed by atoms with Crippen molar-refractivity contribution in [3.05, 3.63) is 89.7 Å². The molecule has 33 heavy (non-hydrogen) atoms. The van der Waals surface area contributed by atoms with E-state index in [1.807, 2.05) is 31.5 Å². The van der Waals surface area contributed by atoms with E-state index in [0.717, 1.165) is 35.1 Å². The van der Waals surface area contributed by atoms with E-state index in [2.05, 4.69) is 68.2 Å². The molecule has 4 rings (SSSR count). The van der Waals surface area contributed by atoms with Crippen molar-refractivity contribution in [2.75, 3.05) is 6.54 Å². The van der Waals surface area contributed by atoms with Gasteiger partial charge in [-0.15, -0.1) is 0 Å². The van der Waals surface area contributed by atoms with E-state index < -0.39 is 0 Å². The fourth-order valence-corrected chi connectivity index (χ4v) is 3.51. The maximum atomic E-state index is 5.66. The maximum Gasteiger partial charge on any atom is 0.214 e. The zero-order valence-corrected chi connectivity index (χ0v) is 19.2. The van der Waals surface area contributed by atoms with E-state index in [0.29, 0.717) is 25.5 Å². The minimum absolute atomic E-state index is 0.482. The normalized spacial score (nSPS) is 11.5. The molecule has 0 aliphatic heterocycles. The van der Waals surface area contributed by atoms with Crippen LogP contribution in [0.4, 0.5) is 0 Å². The van der Waals surface area contributed by atoms with E-state index in [1.165, 1.54) is 11.1 Å². The molecule has 0 saturated carbocycles. The molecule has 8 nitrogen and oxygen atoms in total. The van der Waals surface area contributed by atoms with E-state index in [9.17, 15) is 0 Å². The molecule has 0 aliphatic rings. The molecule has 0 bridgehead atoms. The topological polar surface area (TPSA) is 93.2 Å². The van der Waals surface area contributed by atoms with Crippen LogP contribution in [0.1, 0.15) is 35.4 Å². The number of hydrogen-bond acceptors (Lipinski definition) is 5. The summed E-state index contributed by atoms with van der Waals surface area (Å²) in [5.74, 6) is 2.22. The molecule has 0 radical (unpaired) electrons. The van der Waals surface area contributed by atoms with Crippen molar-refractivity contribution in [2.24, 2.45) is 4.99 Å². The molecule has 0 saturated heterocycles. The zero-order valence-electron chi connectivity index (χ0n) is 19.2. The van der Waals surface area contributed by atoms with Gasteiger partial charge >= 0.3 is 0 Å². The molecule has 0 atom stereocenters. The number of aromatic nitrogens is 4. The molecule has 0 aliphatic carbocycles. The smallest absolute Gasteiger partial charge is 0.214 e. The zero-order chi connectivity index (χ0) is 23.0. The predicted octanol–water partition coefficient (Wildman–Crippen LogP) is 3.85. The molecule has 0 unspecified atom stereocenters. The number of nitrogens with zero attached hydrogens (tertiary/aromatic N) is 5. The van der Waals surface area contributed by atoms with Crippen LogP contribution in [0.3, 0.4) is 0 Å². The molecular formula is C25H29N7O. The molecule has 2 N–H and O–H groups in total. The first-order valence-electron chi connectivity index (χ1n) is 11.1. The van der Waals surface area contributed by atoms with Crippen molar-refractivity contribution in [1.82, 2.24) is 30.4 Å². The van der Waals surface area contributed by atoms with Crippen LogP contribution >= 0.6 is 0 Å². The van der Waals surface area contributed by atoms with Crippen LogP contribution in [0.2, 0.25) is 0 Å². The van der Waals surface area contributed by atoms with Crippen LogP contribution in [0.5, 0.6) is 0 Å². The summed E-state index contributed by atoms with van der Waals surface area (Å²) in [5.41, 5.74) is 5.57. The monoisotopic (exact) mass is 443 g/mol. The van der Waals surface area contributed by atoms with Crippen LogP contribution in [-0.2, 0) is 19.6 Å². The van der Waals surface area contributed by atoms with Gasteiger partial charge in [0, 0.05) is 6.54 Å². The highest BCUT2D eigenvalue weighted by molar-refractivity contribution is 5.80. The minimum atomic E-state index is 0.482. The van der Waals surface area contributed by atoms with Gasteiger partial charge in [-0.2, -0.15) is 5.10 Å². The van der Waals surface area contributed by atoms with Gasteiger partial charge in [-0.25, -0.2) is 19.6 Å². The van der Waals surface area contributed by atoms with Gasteiger partial charge in [0.25, 0.3) is 0 Å². The summed E-state index contributed by atoms with van der Waals surface area (Å²) in [7, 11) is 0. The highest BCUT2D eigenvalue weighted by Crippen LogP contribution is 2.25. The number of hydrogen-bond donors (Lipinski definition) is 2. The molecule has 0 amide bonds. The van der Waals surface area contributed by atoms with Gasteiger partial charge in [-0.05, 0) is 43.0 Å². The summed E-state index contributed by atoms with van der Waals surface area (Å²) in [6.45, 7) is 8.41. The fourth-order valence-electron chi connectivity index (χ4n) is 3.51. The summed E-state index contributed by atoms with van der Waals surface area (Å²) in [6.07, 6.45) is 3.27. The number of benzene rings is 2. The lowest BCUT2D eigenvalue weighted by Crippen LogP contribution is -2.36.